The second-order valence-corrected chi connectivity index (χ2v) is 24.9. The van der Waals surface area contributed by atoms with Gasteiger partial charge in [-0.1, -0.05) is 0 Å². The number of carbonyl (C=O) groups excluding carboxylic acids is 3. The molecule has 87 heavy (non-hydrogen) atoms. The maximum absolute atomic E-state index is 13.0. The smallest absolute Gasteiger partial charge is 0.379 e. The molecule has 6 N–H and O–H groups in total. The summed E-state index contributed by atoms with van der Waals surface area (Å²) in [6, 6.07) is 22.2. The Morgan fingerprint density at radius 1 is 0.391 bits per heavy atom. The third kappa shape index (κ3) is 19.3. The summed E-state index contributed by atoms with van der Waals surface area (Å²) < 4.78 is 230. The largest absolute Gasteiger partial charge is 0.417 e. The number of halogens is 12. The number of carbonyl (C=O) groups is 3. The van der Waals surface area contributed by atoms with Crippen LogP contribution in [-0.4, -0.2) is 92.4 Å². The number of benzene rings is 6. The standard InChI is InChI=1S/3C18H14F4N2O4S/c3*1-17(26,10-29(27,28)14-6-3-12(19)4-7-14)16(25)24-13-5-2-11(9-23)15(8-13)18(20,21)22/h3*2-8,26H,10H2,1H3,(H,24,25). The number of aliphatic hydroxyl groups is 3. The van der Waals surface area contributed by atoms with E-state index in [2.05, 4.69) is 0 Å². The van der Waals surface area contributed by atoms with Crippen LogP contribution in [0.2, 0.25) is 0 Å². The van der Waals surface area contributed by atoms with E-state index in [1.165, 1.54) is 18.2 Å². The van der Waals surface area contributed by atoms with E-state index in [4.69, 9.17) is 15.8 Å². The number of alkyl halides is 9. The van der Waals surface area contributed by atoms with Crippen LogP contribution < -0.4 is 16.0 Å². The molecule has 6 aromatic rings. The van der Waals surface area contributed by atoms with Gasteiger partial charge in [-0.05, 0) is 148 Å². The Hall–Kier alpha value is -8.91. The Bertz CT molecular complexity index is 3630. The fourth-order valence-corrected chi connectivity index (χ4v) is 11.9. The van der Waals surface area contributed by atoms with Gasteiger partial charge in [0.2, 0.25) is 0 Å². The van der Waals surface area contributed by atoms with Crippen molar-refractivity contribution in [3.05, 3.63) is 178 Å². The van der Waals surface area contributed by atoms with Gasteiger partial charge in [-0.25, -0.2) is 38.4 Å². The lowest BCUT2D eigenvalue weighted by Gasteiger charge is -2.22. The zero-order chi connectivity index (χ0) is 66.1. The van der Waals surface area contributed by atoms with Crippen molar-refractivity contribution < 1.29 is 108 Å². The summed E-state index contributed by atoms with van der Waals surface area (Å²) >= 11 is 0. The quantitative estimate of drug-likeness (QED) is 0.0414. The highest BCUT2D eigenvalue weighted by Crippen LogP contribution is 2.37. The third-order valence-electron chi connectivity index (χ3n) is 11.5. The molecule has 3 atom stereocenters. The Labute approximate surface area is 486 Å². The topological polar surface area (TPSA) is 322 Å². The first-order valence-electron chi connectivity index (χ1n) is 23.7. The fourth-order valence-electron chi connectivity index (χ4n) is 7.14. The molecule has 0 aliphatic heterocycles. The minimum Gasteiger partial charge on any atom is -0.379 e. The lowest BCUT2D eigenvalue weighted by atomic mass is 10.1. The maximum Gasteiger partial charge on any atom is 0.417 e. The molecular formula is C54H42F12N6O12S3. The van der Waals surface area contributed by atoms with E-state index in [1.807, 2.05) is 16.0 Å². The third-order valence-corrected chi connectivity index (χ3v) is 17.3. The summed E-state index contributed by atoms with van der Waals surface area (Å²) in [5.41, 5.74) is -14.6. The van der Waals surface area contributed by atoms with Crippen LogP contribution in [0.25, 0.3) is 0 Å². The van der Waals surface area contributed by atoms with Crippen LogP contribution in [0.1, 0.15) is 54.2 Å². The van der Waals surface area contributed by atoms with Gasteiger partial charge in [0.15, 0.2) is 46.3 Å². The summed E-state index contributed by atoms with van der Waals surface area (Å²) in [7, 11) is -12.6. The number of nitriles is 3. The van der Waals surface area contributed by atoms with Gasteiger partial charge in [-0.15, -0.1) is 0 Å². The van der Waals surface area contributed by atoms with Crippen molar-refractivity contribution in [3.8, 4) is 18.2 Å². The van der Waals surface area contributed by atoms with Gasteiger partial charge < -0.3 is 31.3 Å². The molecule has 0 aliphatic carbocycles. The van der Waals surface area contributed by atoms with Gasteiger partial charge in [-0.3, -0.25) is 14.4 Å². The van der Waals surface area contributed by atoms with Gasteiger partial charge in [0.05, 0.1) is 83.5 Å². The predicted molar refractivity (Wildman–Crippen MR) is 282 cm³/mol. The summed E-state index contributed by atoms with van der Waals surface area (Å²) in [5, 5.41) is 63.2. The first-order valence-corrected chi connectivity index (χ1v) is 28.6. The molecule has 0 saturated heterocycles. The van der Waals surface area contributed by atoms with Gasteiger partial charge in [0.25, 0.3) is 17.7 Å². The zero-order valence-electron chi connectivity index (χ0n) is 44.4. The molecule has 0 radical (unpaired) electrons. The van der Waals surface area contributed by atoms with Crippen molar-refractivity contribution in [2.45, 2.75) is 70.8 Å². The monoisotopic (exact) mass is 1290 g/mol. The fraction of sp³-hybridized carbons (Fsp3) is 0.222. The van der Waals surface area contributed by atoms with E-state index in [-0.39, 0.29) is 31.7 Å². The average molecular weight is 1290 g/mol. The molecule has 6 aromatic carbocycles. The molecule has 18 nitrogen and oxygen atoms in total. The van der Waals surface area contributed by atoms with Crippen molar-refractivity contribution in [1.29, 1.82) is 15.8 Å². The molecule has 3 unspecified atom stereocenters. The molecule has 33 heteroatoms. The lowest BCUT2D eigenvalue weighted by molar-refractivity contribution is -0.138. The summed E-state index contributed by atoms with van der Waals surface area (Å²) in [4.78, 5) is 35.8. The Kier molecular flexibility index (Phi) is 21.7. The van der Waals surface area contributed by atoms with Crippen molar-refractivity contribution in [2.24, 2.45) is 0 Å². The molecule has 6 rings (SSSR count). The number of anilines is 3. The van der Waals surface area contributed by atoms with E-state index < -0.39 is 151 Å². The van der Waals surface area contributed by atoms with Crippen LogP contribution in [0.3, 0.4) is 0 Å². The summed E-state index contributed by atoms with van der Waals surface area (Å²) in [6.45, 7) is 2.62. The highest BCUT2D eigenvalue weighted by Gasteiger charge is 2.42. The van der Waals surface area contributed by atoms with Crippen molar-refractivity contribution in [2.75, 3.05) is 33.2 Å². The Morgan fingerprint density at radius 3 is 0.759 bits per heavy atom. The first kappa shape index (κ1) is 70.6. The van der Waals surface area contributed by atoms with Crippen LogP contribution in [0, 0.1) is 51.4 Å². The van der Waals surface area contributed by atoms with Crippen LogP contribution in [0.5, 0.6) is 0 Å². The number of nitrogens with zero attached hydrogens (tertiary/aromatic N) is 3. The molecule has 0 aliphatic rings. The molecule has 462 valence electrons. The molecule has 0 aromatic heterocycles. The minimum absolute atomic E-state index is 0.343. The number of nitrogens with one attached hydrogen (secondary N) is 3. The van der Waals surface area contributed by atoms with Crippen LogP contribution >= 0.6 is 0 Å². The maximum atomic E-state index is 13.0. The number of sulfone groups is 3. The van der Waals surface area contributed by atoms with Crippen LogP contribution in [0.15, 0.2) is 142 Å². The number of hydrogen-bond acceptors (Lipinski definition) is 15. The Morgan fingerprint density at radius 2 is 0.586 bits per heavy atom. The average Bonchev–Trinajstić information content (AvgIpc) is 2.77. The lowest BCUT2D eigenvalue weighted by Crippen LogP contribution is -2.45. The summed E-state index contributed by atoms with van der Waals surface area (Å²) in [6.07, 6.45) is -14.6. The normalized spacial score (nSPS) is 14.0. The molecule has 0 bridgehead atoms. The van der Waals surface area contributed by atoms with Gasteiger partial charge in [0.1, 0.15) is 17.5 Å². The number of rotatable bonds is 15. The van der Waals surface area contributed by atoms with Crippen LogP contribution in [0.4, 0.5) is 69.7 Å². The van der Waals surface area contributed by atoms with Crippen molar-refractivity contribution in [3.63, 3.8) is 0 Å². The van der Waals surface area contributed by atoms with E-state index in [9.17, 15) is 108 Å². The number of hydrogen-bond donors (Lipinski definition) is 6. The second kappa shape index (κ2) is 26.8. The molecule has 0 heterocycles. The highest BCUT2D eigenvalue weighted by molar-refractivity contribution is 7.92. The van der Waals surface area contributed by atoms with E-state index >= 15 is 0 Å². The molecule has 0 fully saturated rings. The SMILES string of the molecule is CC(O)(CS(=O)(=O)c1ccc(F)cc1)C(=O)Nc1ccc(C#N)c(C(F)(F)F)c1.CC(O)(CS(=O)(=O)c1ccc(F)cc1)C(=O)Nc1ccc(C#N)c(C(F)(F)F)c1.CC(O)(CS(=O)(=O)c1ccc(F)cc1)C(=O)Nc1ccc(C#N)c(C(F)(F)F)c1. The van der Waals surface area contributed by atoms with Crippen molar-refractivity contribution >= 4 is 64.3 Å². The van der Waals surface area contributed by atoms with E-state index in [0.717, 1.165) is 130 Å². The Balaban J connectivity index is 0.000000279. The van der Waals surface area contributed by atoms with Gasteiger partial charge in [-0.2, -0.15) is 55.3 Å². The highest BCUT2D eigenvalue weighted by atomic mass is 32.2. The first-order chi connectivity index (χ1) is 39.8. The molecule has 0 spiro atoms. The van der Waals surface area contributed by atoms with E-state index in [0.29, 0.717) is 18.2 Å². The second-order valence-electron chi connectivity index (χ2n) is 18.9. The molecular weight excluding hydrogens is 1250 g/mol. The van der Waals surface area contributed by atoms with Gasteiger partial charge in [0, 0.05) is 17.1 Å². The van der Waals surface area contributed by atoms with Crippen LogP contribution in [-0.2, 0) is 62.4 Å². The minimum atomic E-state index is -4.86. The van der Waals surface area contributed by atoms with E-state index in [1.54, 1.807) is 0 Å². The van der Waals surface area contributed by atoms with Crippen molar-refractivity contribution in [1.82, 2.24) is 0 Å². The zero-order valence-corrected chi connectivity index (χ0v) is 46.8. The predicted octanol–water partition coefficient (Wildman–Crippen LogP) is 8.64. The molecule has 3 amide bonds. The number of amides is 3. The molecule has 0 saturated carbocycles. The van der Waals surface area contributed by atoms with Gasteiger partial charge >= 0.3 is 18.5 Å². The summed E-state index contributed by atoms with van der Waals surface area (Å²) in [5.74, 6) is -9.18.